The highest BCUT2D eigenvalue weighted by Crippen LogP contribution is 2.27. The molecular formula is C18H16FN5O2S. The van der Waals surface area contributed by atoms with Gasteiger partial charge in [0, 0.05) is 30.5 Å². The van der Waals surface area contributed by atoms with Crippen molar-refractivity contribution in [3.8, 4) is 5.69 Å². The molecule has 0 radical (unpaired) electrons. The summed E-state index contributed by atoms with van der Waals surface area (Å²) in [4.78, 5) is 32.4. The van der Waals surface area contributed by atoms with Gasteiger partial charge < -0.3 is 4.90 Å². The lowest BCUT2D eigenvalue weighted by Crippen LogP contribution is -2.25. The summed E-state index contributed by atoms with van der Waals surface area (Å²) < 4.78 is 14.2. The lowest BCUT2D eigenvalue weighted by atomic mass is 10.2. The molecule has 0 unspecified atom stereocenters. The van der Waals surface area contributed by atoms with Crippen LogP contribution in [0.2, 0.25) is 0 Å². The third-order valence-corrected chi connectivity index (χ3v) is 5.24. The Morgan fingerprint density at radius 1 is 1.22 bits per heavy atom. The van der Waals surface area contributed by atoms with E-state index in [2.05, 4.69) is 20.3 Å². The second-order valence-electron chi connectivity index (χ2n) is 6.28. The molecule has 3 aromatic rings. The van der Waals surface area contributed by atoms with Gasteiger partial charge in [-0.25, -0.2) is 9.37 Å². The third kappa shape index (κ3) is 3.64. The Morgan fingerprint density at radius 2 is 2.00 bits per heavy atom. The number of halogens is 1. The predicted molar refractivity (Wildman–Crippen MR) is 99.9 cm³/mol. The summed E-state index contributed by atoms with van der Waals surface area (Å²) in [5, 5.41) is 7.37. The molecule has 1 amide bonds. The largest absolute Gasteiger partial charge is 0.301 e. The molecule has 0 atom stereocenters. The molecule has 27 heavy (non-hydrogen) atoms. The number of carbonyl (C=O) groups is 1. The average molecular weight is 385 g/mol. The van der Waals surface area contributed by atoms with E-state index in [0.29, 0.717) is 10.8 Å². The first-order chi connectivity index (χ1) is 13.0. The fourth-order valence-electron chi connectivity index (χ4n) is 2.84. The maximum Gasteiger partial charge on any atom is 0.277 e. The van der Waals surface area contributed by atoms with Gasteiger partial charge in [0.25, 0.3) is 11.5 Å². The van der Waals surface area contributed by atoms with Gasteiger partial charge in [0.05, 0.1) is 11.4 Å². The van der Waals surface area contributed by atoms with E-state index in [1.807, 2.05) is 7.05 Å². The van der Waals surface area contributed by atoms with Crippen LogP contribution in [0.15, 0.2) is 41.2 Å². The van der Waals surface area contributed by atoms with Crippen LogP contribution in [0.25, 0.3) is 5.69 Å². The first-order valence-corrected chi connectivity index (χ1v) is 9.16. The molecule has 138 valence electrons. The SMILES string of the molecule is CN1CCc2nc(NC(=O)c3ccc(=O)n(-c4ccc(F)cc4)n3)sc2C1. The van der Waals surface area contributed by atoms with Crippen LogP contribution < -0.4 is 10.9 Å². The molecule has 0 saturated heterocycles. The van der Waals surface area contributed by atoms with Gasteiger partial charge in [0.1, 0.15) is 11.5 Å². The molecule has 1 aromatic carbocycles. The molecule has 1 N–H and O–H groups in total. The number of hydrogen-bond acceptors (Lipinski definition) is 6. The molecule has 0 spiro atoms. The normalized spacial score (nSPS) is 14.0. The van der Waals surface area contributed by atoms with E-state index >= 15 is 0 Å². The molecule has 1 aliphatic rings. The Kier molecular flexibility index (Phi) is 4.54. The summed E-state index contributed by atoms with van der Waals surface area (Å²) >= 11 is 1.44. The molecule has 9 heteroatoms. The van der Waals surface area contributed by atoms with E-state index in [-0.39, 0.29) is 5.69 Å². The van der Waals surface area contributed by atoms with E-state index < -0.39 is 17.3 Å². The van der Waals surface area contributed by atoms with Crippen molar-refractivity contribution in [2.45, 2.75) is 13.0 Å². The van der Waals surface area contributed by atoms with Gasteiger partial charge in [-0.2, -0.15) is 9.78 Å². The monoisotopic (exact) mass is 385 g/mol. The number of likely N-dealkylation sites (N-methyl/N-ethyl adjacent to an activating group) is 1. The summed E-state index contributed by atoms with van der Waals surface area (Å²) in [7, 11) is 2.05. The molecule has 3 heterocycles. The van der Waals surface area contributed by atoms with Crippen LogP contribution in [0.5, 0.6) is 0 Å². The number of anilines is 1. The average Bonchev–Trinajstić information content (AvgIpc) is 3.04. The topological polar surface area (TPSA) is 80.1 Å². The fraction of sp³-hybridized carbons (Fsp3) is 0.222. The number of thiazole rings is 1. The van der Waals surface area contributed by atoms with Crippen molar-refractivity contribution in [2.75, 3.05) is 18.9 Å². The van der Waals surface area contributed by atoms with E-state index in [1.165, 1.54) is 47.7 Å². The minimum atomic E-state index is -0.453. The Bertz CT molecular complexity index is 1060. The van der Waals surface area contributed by atoms with Gasteiger partial charge in [-0.05, 0) is 37.4 Å². The summed E-state index contributed by atoms with van der Waals surface area (Å²) in [5.74, 6) is -0.871. The number of hydrogen-bond donors (Lipinski definition) is 1. The van der Waals surface area contributed by atoms with Crippen LogP contribution in [-0.2, 0) is 13.0 Å². The first kappa shape index (κ1) is 17.5. The van der Waals surface area contributed by atoms with Crippen molar-refractivity contribution in [3.63, 3.8) is 0 Å². The Balaban J connectivity index is 1.58. The molecule has 2 aromatic heterocycles. The Morgan fingerprint density at radius 3 is 2.78 bits per heavy atom. The van der Waals surface area contributed by atoms with E-state index in [0.717, 1.165) is 34.8 Å². The zero-order valence-electron chi connectivity index (χ0n) is 14.5. The molecule has 0 fully saturated rings. The summed E-state index contributed by atoms with van der Waals surface area (Å²) in [5.41, 5.74) is 1.05. The molecule has 0 bridgehead atoms. The van der Waals surface area contributed by atoms with E-state index in [9.17, 15) is 14.0 Å². The summed E-state index contributed by atoms with van der Waals surface area (Å²) in [6.45, 7) is 1.75. The first-order valence-electron chi connectivity index (χ1n) is 8.34. The van der Waals surface area contributed by atoms with Gasteiger partial charge >= 0.3 is 0 Å². The maximum atomic E-state index is 13.1. The minimum Gasteiger partial charge on any atom is -0.301 e. The number of amides is 1. The van der Waals surface area contributed by atoms with Crippen LogP contribution >= 0.6 is 11.3 Å². The molecule has 7 nitrogen and oxygen atoms in total. The second-order valence-corrected chi connectivity index (χ2v) is 7.36. The lowest BCUT2D eigenvalue weighted by Gasteiger charge is -2.20. The van der Waals surface area contributed by atoms with Crippen LogP contribution in [-0.4, -0.2) is 39.2 Å². The van der Waals surface area contributed by atoms with Gasteiger partial charge in [-0.1, -0.05) is 0 Å². The van der Waals surface area contributed by atoms with Crippen LogP contribution in [0.4, 0.5) is 9.52 Å². The van der Waals surface area contributed by atoms with Crippen molar-refractivity contribution in [3.05, 3.63) is 68.8 Å². The summed E-state index contributed by atoms with van der Waals surface area (Å²) in [6.07, 6.45) is 0.853. The van der Waals surface area contributed by atoms with Crippen molar-refractivity contribution in [1.29, 1.82) is 0 Å². The van der Waals surface area contributed by atoms with Gasteiger partial charge in [-0.3, -0.25) is 14.9 Å². The van der Waals surface area contributed by atoms with Crippen LogP contribution in [0.1, 0.15) is 21.1 Å². The van der Waals surface area contributed by atoms with Crippen molar-refractivity contribution >= 4 is 22.4 Å². The molecule has 1 aliphatic heterocycles. The zero-order valence-corrected chi connectivity index (χ0v) is 15.3. The van der Waals surface area contributed by atoms with Crippen molar-refractivity contribution in [1.82, 2.24) is 19.7 Å². The maximum absolute atomic E-state index is 13.1. The quantitative estimate of drug-likeness (QED) is 0.747. The second kappa shape index (κ2) is 7.01. The molecular weight excluding hydrogens is 369 g/mol. The minimum absolute atomic E-state index is 0.0733. The number of nitrogens with one attached hydrogen (secondary N) is 1. The van der Waals surface area contributed by atoms with E-state index in [4.69, 9.17) is 0 Å². The van der Waals surface area contributed by atoms with Gasteiger partial charge in [0.15, 0.2) is 5.13 Å². The molecule has 4 rings (SSSR count). The molecule has 0 saturated carbocycles. The molecule has 0 aliphatic carbocycles. The van der Waals surface area contributed by atoms with Crippen molar-refractivity contribution in [2.24, 2.45) is 0 Å². The third-order valence-electron chi connectivity index (χ3n) is 4.25. The highest BCUT2D eigenvalue weighted by atomic mass is 32.1. The fourth-order valence-corrected chi connectivity index (χ4v) is 3.92. The Hall–Kier alpha value is -2.91. The Labute approximate surface area is 158 Å². The highest BCUT2D eigenvalue weighted by molar-refractivity contribution is 7.15. The number of rotatable bonds is 3. The number of nitrogens with zero attached hydrogens (tertiary/aromatic N) is 4. The van der Waals surface area contributed by atoms with Crippen molar-refractivity contribution < 1.29 is 9.18 Å². The number of aromatic nitrogens is 3. The smallest absolute Gasteiger partial charge is 0.277 e. The highest BCUT2D eigenvalue weighted by Gasteiger charge is 2.20. The standard InChI is InChI=1S/C18H16FN5O2S/c1-23-9-8-13-15(10-23)27-18(20-13)21-17(26)14-6-7-16(25)24(22-14)12-4-2-11(19)3-5-12/h2-7H,8-10H2,1H3,(H,20,21,26). The number of benzene rings is 1. The number of fused-ring (bicyclic) bond motifs is 1. The number of carbonyl (C=O) groups excluding carboxylic acids is 1. The van der Waals surface area contributed by atoms with E-state index in [1.54, 1.807) is 0 Å². The van der Waals surface area contributed by atoms with Crippen LogP contribution in [0.3, 0.4) is 0 Å². The predicted octanol–water partition coefficient (Wildman–Crippen LogP) is 2.07. The van der Waals surface area contributed by atoms with Gasteiger partial charge in [-0.15, -0.1) is 11.3 Å². The lowest BCUT2D eigenvalue weighted by molar-refractivity contribution is 0.102. The van der Waals surface area contributed by atoms with Crippen LogP contribution in [0, 0.1) is 5.82 Å². The zero-order chi connectivity index (χ0) is 19.0. The summed E-state index contributed by atoms with van der Waals surface area (Å²) in [6, 6.07) is 7.93. The van der Waals surface area contributed by atoms with Gasteiger partial charge in [0.2, 0.25) is 0 Å².